The number of carbonyl (C=O) groups excluding carboxylic acids is 1. The maximum Gasteiger partial charge on any atom is 0.490 e. The molecule has 0 spiro atoms. The van der Waals surface area contributed by atoms with Crippen molar-refractivity contribution in [3.8, 4) is 5.88 Å². The first-order valence-electron chi connectivity index (χ1n) is 11.1. The number of carboxylic acid groups (broad SMARTS) is 2. The summed E-state index contributed by atoms with van der Waals surface area (Å²) < 4.78 is 42.8. The Hall–Kier alpha value is -3.68. The third-order valence-electron chi connectivity index (χ3n) is 5.85. The van der Waals surface area contributed by atoms with Crippen LogP contribution in [0.3, 0.4) is 0 Å². The topological polar surface area (TPSA) is 155 Å². The van der Waals surface area contributed by atoms with Crippen LogP contribution in [0.15, 0.2) is 24.3 Å². The quantitative estimate of drug-likeness (QED) is 0.546. The average molecular weight is 514 g/mol. The second kappa shape index (κ2) is 11.8. The average Bonchev–Trinajstić information content (AvgIpc) is 3.33. The molecule has 14 heteroatoms. The van der Waals surface area contributed by atoms with Gasteiger partial charge >= 0.3 is 18.1 Å². The van der Waals surface area contributed by atoms with Crippen molar-refractivity contribution in [2.75, 3.05) is 26.3 Å². The summed E-state index contributed by atoms with van der Waals surface area (Å²) in [4.78, 5) is 34.4. The zero-order valence-electron chi connectivity index (χ0n) is 19.0. The van der Waals surface area contributed by atoms with Crippen LogP contribution < -0.4 is 4.74 Å². The number of hydrogen-bond acceptors (Lipinski definition) is 7. The highest BCUT2D eigenvalue weighted by molar-refractivity contribution is 5.94. The molecule has 0 radical (unpaired) electrons. The lowest BCUT2D eigenvalue weighted by atomic mass is 9.82. The number of halogens is 3. The van der Waals surface area contributed by atoms with Gasteiger partial charge in [-0.1, -0.05) is 22.4 Å². The Morgan fingerprint density at radius 2 is 1.61 bits per heavy atom. The van der Waals surface area contributed by atoms with E-state index >= 15 is 0 Å². The van der Waals surface area contributed by atoms with E-state index in [-0.39, 0.29) is 23.6 Å². The number of benzene rings is 1. The maximum absolute atomic E-state index is 12.6. The van der Waals surface area contributed by atoms with Crippen LogP contribution in [0.1, 0.15) is 58.0 Å². The molecule has 1 saturated carbocycles. The summed E-state index contributed by atoms with van der Waals surface area (Å²) in [6.45, 7) is 2.47. The molecule has 2 aromatic rings. The molecule has 0 atom stereocenters. The van der Waals surface area contributed by atoms with Crippen LogP contribution in [0.25, 0.3) is 0 Å². The highest BCUT2D eigenvalue weighted by atomic mass is 19.4. The van der Waals surface area contributed by atoms with Gasteiger partial charge in [-0.15, -0.1) is 0 Å². The van der Waals surface area contributed by atoms with Gasteiger partial charge in [0.2, 0.25) is 5.69 Å². The van der Waals surface area contributed by atoms with Crippen molar-refractivity contribution < 1.29 is 47.2 Å². The molecule has 1 aliphatic carbocycles. The van der Waals surface area contributed by atoms with Gasteiger partial charge in [-0.3, -0.25) is 4.79 Å². The van der Waals surface area contributed by atoms with Crippen molar-refractivity contribution >= 4 is 17.8 Å². The smallest absolute Gasteiger partial charge is 0.476 e. The van der Waals surface area contributed by atoms with E-state index in [0.717, 1.165) is 25.7 Å². The minimum absolute atomic E-state index is 0.0481. The second-order valence-electron chi connectivity index (χ2n) is 8.22. The predicted molar refractivity (Wildman–Crippen MR) is 116 cm³/mol. The first-order valence-corrected chi connectivity index (χ1v) is 11.1. The first kappa shape index (κ1) is 26.9. The molecule has 196 valence electrons. The third-order valence-corrected chi connectivity index (χ3v) is 5.85. The molecule has 36 heavy (non-hydrogen) atoms. The number of aliphatic carboxylic acids is 1. The molecule has 11 nitrogen and oxygen atoms in total. The summed E-state index contributed by atoms with van der Waals surface area (Å²) in [7, 11) is 0. The molecule has 2 aliphatic rings. The Morgan fingerprint density at radius 3 is 2.14 bits per heavy atom. The number of carbonyl (C=O) groups is 3. The van der Waals surface area contributed by atoms with E-state index in [1.807, 2.05) is 29.2 Å². The predicted octanol–water partition coefficient (Wildman–Crippen LogP) is 2.71. The number of ether oxygens (including phenoxy) is 2. The molecule has 3 N–H and O–H groups in total. The Labute approximate surface area is 203 Å². The Balaban J connectivity index is 0.000000454. The number of nitrogens with zero attached hydrogens (tertiary/aromatic N) is 3. The molecule has 2 fully saturated rings. The number of aromatic amines is 1. The molecule has 1 amide bonds. The summed E-state index contributed by atoms with van der Waals surface area (Å²) in [5.74, 6) is -3.39. The van der Waals surface area contributed by atoms with Crippen LogP contribution in [-0.4, -0.2) is 87.0 Å². The fourth-order valence-electron chi connectivity index (χ4n) is 3.96. The summed E-state index contributed by atoms with van der Waals surface area (Å²) in [5, 5.41) is 25.8. The number of aromatic carboxylic acids is 1. The number of nitrogens with one attached hydrogen (secondary N) is 1. The van der Waals surface area contributed by atoms with Crippen molar-refractivity contribution in [3.05, 3.63) is 41.1 Å². The lowest BCUT2D eigenvalue weighted by Crippen LogP contribution is -2.40. The van der Waals surface area contributed by atoms with Crippen molar-refractivity contribution in [1.82, 2.24) is 20.3 Å². The molecule has 0 unspecified atom stereocenters. The van der Waals surface area contributed by atoms with Gasteiger partial charge < -0.3 is 24.6 Å². The largest absolute Gasteiger partial charge is 0.490 e. The van der Waals surface area contributed by atoms with Crippen molar-refractivity contribution in [3.63, 3.8) is 0 Å². The Morgan fingerprint density at radius 1 is 1.03 bits per heavy atom. The van der Waals surface area contributed by atoms with E-state index in [0.29, 0.717) is 37.8 Å². The number of hydrogen-bond donors (Lipinski definition) is 3. The molecule has 1 saturated heterocycles. The van der Waals surface area contributed by atoms with E-state index in [1.54, 1.807) is 0 Å². The number of carboxylic acids is 2. The van der Waals surface area contributed by atoms with Crippen LogP contribution in [0.4, 0.5) is 13.2 Å². The summed E-state index contributed by atoms with van der Waals surface area (Å²) in [6, 6.07) is 7.90. The number of morpholine rings is 1. The Bertz CT molecular complexity index is 1040. The minimum Gasteiger partial charge on any atom is -0.476 e. The summed E-state index contributed by atoms with van der Waals surface area (Å²) in [5.41, 5.74) is 1.81. The third kappa shape index (κ3) is 7.16. The van der Waals surface area contributed by atoms with Crippen LogP contribution in [0.2, 0.25) is 0 Å². The standard InChI is InChI=1S/C20H24N4O5.C2HF3O2/c25-19(24-9-11-28-12-10-24)15-3-1-13(2-4-15)14-5-7-16(8-6-14)29-18-17(20(26)27)21-23-22-18;3-2(4,5)1(6)7/h1-4,14,16H,5-12H2,(H,26,27)(H,21,22,23);(H,6,7). The van der Waals surface area contributed by atoms with Crippen molar-refractivity contribution in [1.29, 1.82) is 0 Å². The number of H-pyrrole nitrogens is 1. The van der Waals surface area contributed by atoms with E-state index in [4.69, 9.17) is 24.5 Å². The highest BCUT2D eigenvalue weighted by Crippen LogP contribution is 2.34. The fourth-order valence-corrected chi connectivity index (χ4v) is 3.96. The first-order chi connectivity index (χ1) is 17.1. The van der Waals surface area contributed by atoms with Crippen LogP contribution >= 0.6 is 0 Å². The van der Waals surface area contributed by atoms with Gasteiger partial charge in [-0.05, 0) is 49.3 Å². The molecular formula is C22H25F3N4O7. The van der Waals surface area contributed by atoms with E-state index in [1.165, 1.54) is 5.56 Å². The van der Waals surface area contributed by atoms with Gasteiger partial charge in [0.15, 0.2) is 0 Å². The Kier molecular flexibility index (Phi) is 8.85. The van der Waals surface area contributed by atoms with Gasteiger partial charge in [-0.25, -0.2) is 14.7 Å². The van der Waals surface area contributed by atoms with E-state index in [2.05, 4.69) is 15.4 Å². The van der Waals surface area contributed by atoms with Gasteiger partial charge in [-0.2, -0.15) is 13.2 Å². The van der Waals surface area contributed by atoms with Crippen LogP contribution in [0.5, 0.6) is 5.88 Å². The molecule has 4 rings (SSSR count). The number of alkyl halides is 3. The molecule has 2 heterocycles. The number of amides is 1. The molecule has 0 bridgehead atoms. The summed E-state index contributed by atoms with van der Waals surface area (Å²) in [6.07, 6.45) is -1.67. The lowest BCUT2D eigenvalue weighted by Gasteiger charge is -2.29. The number of aromatic nitrogens is 3. The zero-order valence-corrected chi connectivity index (χ0v) is 19.0. The van der Waals surface area contributed by atoms with E-state index < -0.39 is 18.1 Å². The van der Waals surface area contributed by atoms with Crippen molar-refractivity contribution in [2.24, 2.45) is 0 Å². The monoisotopic (exact) mass is 514 g/mol. The van der Waals surface area contributed by atoms with Gasteiger partial charge in [0.1, 0.15) is 6.10 Å². The molecule has 1 aromatic heterocycles. The van der Waals surface area contributed by atoms with Gasteiger partial charge in [0, 0.05) is 18.7 Å². The maximum atomic E-state index is 12.6. The molecule has 1 aromatic carbocycles. The van der Waals surface area contributed by atoms with Gasteiger partial charge in [0.05, 0.1) is 13.2 Å². The lowest BCUT2D eigenvalue weighted by molar-refractivity contribution is -0.192. The van der Waals surface area contributed by atoms with E-state index in [9.17, 15) is 22.8 Å². The highest BCUT2D eigenvalue weighted by Gasteiger charge is 2.38. The van der Waals surface area contributed by atoms with Crippen LogP contribution in [-0.2, 0) is 9.53 Å². The summed E-state index contributed by atoms with van der Waals surface area (Å²) >= 11 is 0. The minimum atomic E-state index is -5.08. The fraction of sp³-hybridized carbons (Fsp3) is 0.500. The molecule has 1 aliphatic heterocycles. The SMILES string of the molecule is O=C(O)C(F)(F)F.O=C(O)c1[nH]nnc1OC1CCC(c2ccc(C(=O)N3CCOCC3)cc2)CC1. The zero-order chi connectivity index (χ0) is 26.3. The second-order valence-corrected chi connectivity index (χ2v) is 8.22. The molecular weight excluding hydrogens is 489 g/mol. The number of rotatable bonds is 5. The van der Waals surface area contributed by atoms with Crippen LogP contribution in [0, 0.1) is 0 Å². The normalized spacial score (nSPS) is 20.1. The van der Waals surface area contributed by atoms with Gasteiger partial charge in [0.25, 0.3) is 11.8 Å². The van der Waals surface area contributed by atoms with Crippen molar-refractivity contribution in [2.45, 2.75) is 43.9 Å².